The fourth-order valence-electron chi connectivity index (χ4n) is 7.27. The molecule has 61 heavy (non-hydrogen) atoms. The number of furan rings is 1. The molecule has 0 bridgehead atoms. The van der Waals surface area contributed by atoms with Gasteiger partial charge in [-0.25, -0.2) is 9.97 Å². The van der Waals surface area contributed by atoms with Gasteiger partial charge in [0.1, 0.15) is 40.1 Å². The smallest absolute Gasteiger partial charge is 0.276 e. The maximum Gasteiger partial charge on any atom is 0.276 e. The minimum Gasteiger partial charge on any atom is -0.483 e. The summed E-state index contributed by atoms with van der Waals surface area (Å²) in [7, 11) is 0. The van der Waals surface area contributed by atoms with Crippen molar-refractivity contribution in [1.82, 2.24) is 38.7 Å². The number of hydrogen-bond acceptors (Lipinski definition) is 11. The summed E-state index contributed by atoms with van der Waals surface area (Å²) in [5.74, 6) is -1.11. The minimum absolute atomic E-state index is 0.142. The lowest BCUT2D eigenvalue weighted by Crippen LogP contribution is -2.38. The molecule has 1 aliphatic heterocycles. The van der Waals surface area contributed by atoms with Gasteiger partial charge in [-0.05, 0) is 57.2 Å². The molecule has 1 saturated heterocycles. The van der Waals surface area contributed by atoms with E-state index in [2.05, 4.69) is 34.0 Å². The quantitative estimate of drug-likeness (QED) is 0.0984. The molecule has 0 radical (unpaired) electrons. The third-order valence-corrected chi connectivity index (χ3v) is 9.96. The van der Waals surface area contributed by atoms with Crippen molar-refractivity contribution >= 4 is 68.6 Å². The third-order valence-electron chi connectivity index (χ3n) is 9.96. The highest BCUT2D eigenvalue weighted by Gasteiger charge is 2.27. The largest absolute Gasteiger partial charge is 0.483 e. The number of fused-ring (bicyclic) bond motifs is 4. The van der Waals surface area contributed by atoms with Crippen LogP contribution in [0.15, 0.2) is 78.3 Å². The number of allylic oxidation sites excluding steroid dienone is 4. The Morgan fingerprint density at radius 3 is 1.84 bits per heavy atom. The molecule has 5 aromatic heterocycles. The number of nitrogens with one attached hydrogen (secondary N) is 2. The van der Waals surface area contributed by atoms with Gasteiger partial charge in [0, 0.05) is 24.0 Å². The zero-order valence-corrected chi connectivity index (χ0v) is 33.6. The van der Waals surface area contributed by atoms with Crippen molar-refractivity contribution in [2.24, 2.45) is 11.5 Å². The molecular formula is C42H42N12O7. The number of hydrogen-bond donors (Lipinski definition) is 4. The van der Waals surface area contributed by atoms with E-state index in [4.69, 9.17) is 35.3 Å². The fraction of sp³-hybridized carbons (Fsp3) is 0.238. The molecule has 19 nitrogen and oxygen atoms in total. The van der Waals surface area contributed by atoms with E-state index >= 15 is 0 Å². The van der Waals surface area contributed by atoms with E-state index < -0.39 is 23.6 Å². The number of carbonyl (C=O) groups excluding carboxylic acids is 4. The maximum atomic E-state index is 13.8. The number of nitrogens with two attached hydrogens (primary N) is 2. The first-order valence-electron chi connectivity index (χ1n) is 19.2. The Kier molecular flexibility index (Phi) is 10.6. The summed E-state index contributed by atoms with van der Waals surface area (Å²) >= 11 is 0. The van der Waals surface area contributed by atoms with Gasteiger partial charge in [0.05, 0.1) is 59.8 Å². The molecule has 4 amide bonds. The van der Waals surface area contributed by atoms with E-state index in [1.54, 1.807) is 66.3 Å². The van der Waals surface area contributed by atoms with Gasteiger partial charge < -0.3 is 34.5 Å². The fourth-order valence-corrected chi connectivity index (χ4v) is 7.27. The summed E-state index contributed by atoms with van der Waals surface area (Å²) in [6.07, 6.45) is 6.69. The molecule has 6 heterocycles. The summed E-state index contributed by atoms with van der Waals surface area (Å²) in [4.78, 5) is 62.2. The van der Waals surface area contributed by atoms with Crippen molar-refractivity contribution in [3.8, 4) is 5.75 Å². The van der Waals surface area contributed by atoms with Crippen molar-refractivity contribution in [1.29, 1.82) is 0 Å². The predicted octanol–water partition coefficient (Wildman–Crippen LogP) is 4.56. The van der Waals surface area contributed by atoms with Crippen LogP contribution in [0.3, 0.4) is 0 Å². The van der Waals surface area contributed by atoms with Gasteiger partial charge in [0.15, 0.2) is 0 Å². The molecule has 0 spiro atoms. The Hall–Kier alpha value is -7.80. The Labute approximate surface area is 347 Å². The molecule has 7 aromatic rings. The number of primary amides is 2. The van der Waals surface area contributed by atoms with Crippen LogP contribution in [0.4, 0.5) is 11.9 Å². The molecule has 6 N–H and O–H groups in total. The monoisotopic (exact) mass is 826 g/mol. The molecule has 8 rings (SSSR count). The Morgan fingerprint density at radius 2 is 1.33 bits per heavy atom. The number of nitrogens with zero attached hydrogens (tertiary/aromatic N) is 8. The molecule has 2 aromatic carbocycles. The number of aromatic nitrogens is 8. The van der Waals surface area contributed by atoms with Crippen LogP contribution in [0.1, 0.15) is 58.8 Å². The van der Waals surface area contributed by atoms with E-state index in [9.17, 15) is 19.2 Å². The van der Waals surface area contributed by atoms with Crippen molar-refractivity contribution in [2.45, 2.75) is 53.1 Å². The number of anilines is 2. The van der Waals surface area contributed by atoms with Gasteiger partial charge in [-0.1, -0.05) is 24.3 Å². The SMILES string of the molecule is C=CCn1nc(C)cc1C(=O)Nc1nc2cc(C(N)=O)cc(OC3COC3)c2n1C/C=C/Cn1c(NC(=O)c2cc(C)nn2CC=C)nc2cc(C(N)=O)c3oc(C)cc3c21. The van der Waals surface area contributed by atoms with Crippen molar-refractivity contribution < 1.29 is 33.1 Å². The summed E-state index contributed by atoms with van der Waals surface area (Å²) in [6.45, 7) is 14.5. The molecule has 19 heteroatoms. The molecule has 0 unspecified atom stereocenters. The average Bonchev–Trinajstić information content (AvgIpc) is 4.01. The molecule has 0 aliphatic carbocycles. The predicted molar refractivity (Wildman–Crippen MR) is 226 cm³/mol. The van der Waals surface area contributed by atoms with Crippen LogP contribution in [0.5, 0.6) is 5.75 Å². The standard InChI is InChI=1S/C42H42N12O7/c1-6-10-53-31(14-22(3)49-53)39(57)47-41-46-30-19-28(38(44)56)36-27(16-24(5)60-36)34(30)51(41)12-8-9-13-52-35-29(17-25(37(43)55)18-33(35)61-26-20-59-21-26)45-42(52)48-40(58)32-15-23(4)50-54(32)11-7-2/h6-9,14-19,26H,1-2,10-13,20-21H2,3-5H3,(H2,43,55)(H2,44,56)(H,45,48,58)(H,46,47,57)/b9-8+. The maximum absolute atomic E-state index is 13.8. The van der Waals surface area contributed by atoms with Crippen LogP contribution in [0.25, 0.3) is 33.0 Å². The topological polar surface area (TPSA) is 247 Å². The number of aryl methyl sites for hydroxylation is 3. The van der Waals surface area contributed by atoms with Gasteiger partial charge in [-0.3, -0.25) is 39.2 Å². The van der Waals surface area contributed by atoms with Crippen LogP contribution in [0, 0.1) is 20.8 Å². The van der Waals surface area contributed by atoms with Crippen LogP contribution in [-0.2, 0) is 30.9 Å². The molecule has 312 valence electrons. The van der Waals surface area contributed by atoms with Crippen molar-refractivity contribution in [2.75, 3.05) is 23.8 Å². The van der Waals surface area contributed by atoms with Crippen LogP contribution in [-0.4, -0.2) is 81.6 Å². The second-order valence-corrected chi connectivity index (χ2v) is 14.5. The van der Waals surface area contributed by atoms with E-state index in [1.807, 2.05) is 12.2 Å². The number of carbonyl (C=O) groups is 4. The highest BCUT2D eigenvalue weighted by atomic mass is 16.6. The van der Waals surface area contributed by atoms with Gasteiger partial charge in [-0.15, -0.1) is 13.2 Å². The molecule has 0 saturated carbocycles. The normalized spacial score (nSPS) is 13.0. The van der Waals surface area contributed by atoms with Crippen LogP contribution >= 0.6 is 0 Å². The lowest BCUT2D eigenvalue weighted by Gasteiger charge is -2.27. The zero-order valence-electron chi connectivity index (χ0n) is 33.6. The minimum atomic E-state index is -0.697. The van der Waals surface area contributed by atoms with E-state index in [1.165, 1.54) is 21.5 Å². The summed E-state index contributed by atoms with van der Waals surface area (Å²) in [5.41, 5.74) is 15.8. The molecular weight excluding hydrogens is 785 g/mol. The average molecular weight is 827 g/mol. The summed E-state index contributed by atoms with van der Waals surface area (Å²) in [5, 5.41) is 15.3. The van der Waals surface area contributed by atoms with Crippen LogP contribution in [0.2, 0.25) is 0 Å². The number of benzene rings is 2. The lowest BCUT2D eigenvalue weighted by molar-refractivity contribution is -0.0792. The summed E-state index contributed by atoms with van der Waals surface area (Å²) < 4.78 is 24.2. The lowest BCUT2D eigenvalue weighted by atomic mass is 10.1. The highest BCUT2D eigenvalue weighted by Crippen LogP contribution is 2.35. The molecule has 1 fully saturated rings. The number of amides is 4. The Morgan fingerprint density at radius 1 is 0.770 bits per heavy atom. The van der Waals surface area contributed by atoms with E-state index in [-0.39, 0.29) is 53.5 Å². The van der Waals surface area contributed by atoms with Crippen molar-refractivity contribution in [3.63, 3.8) is 0 Å². The number of rotatable bonds is 16. The van der Waals surface area contributed by atoms with Gasteiger partial charge >= 0.3 is 0 Å². The summed E-state index contributed by atoms with van der Waals surface area (Å²) in [6, 6.07) is 9.73. The van der Waals surface area contributed by atoms with Gasteiger partial charge in [-0.2, -0.15) is 10.2 Å². The Balaban J connectivity index is 1.20. The highest BCUT2D eigenvalue weighted by molar-refractivity contribution is 6.14. The number of imidazole rings is 2. The Bertz CT molecular complexity index is 2970. The van der Waals surface area contributed by atoms with E-state index in [0.29, 0.717) is 82.3 Å². The third kappa shape index (κ3) is 7.64. The second-order valence-electron chi connectivity index (χ2n) is 14.5. The van der Waals surface area contributed by atoms with Gasteiger partial charge in [0.25, 0.3) is 17.7 Å². The molecule has 0 atom stereocenters. The van der Waals surface area contributed by atoms with Crippen molar-refractivity contribution in [3.05, 3.63) is 114 Å². The van der Waals surface area contributed by atoms with E-state index in [0.717, 1.165) is 0 Å². The zero-order chi connectivity index (χ0) is 43.1. The first-order chi connectivity index (χ1) is 29.3. The molecule has 1 aliphatic rings. The van der Waals surface area contributed by atoms with Crippen LogP contribution < -0.4 is 26.8 Å². The second kappa shape index (κ2) is 16.1. The van der Waals surface area contributed by atoms with Gasteiger partial charge in [0.2, 0.25) is 17.8 Å². The number of ether oxygens (including phenoxy) is 2. The first kappa shape index (κ1) is 40.0. The first-order valence-corrected chi connectivity index (χ1v) is 19.2.